The normalized spacial score (nSPS) is 18.8. The van der Waals surface area contributed by atoms with Crippen LogP contribution >= 0.6 is 11.9 Å². The number of amidine groups is 1. The first kappa shape index (κ1) is 26.7. The van der Waals surface area contributed by atoms with Crippen molar-refractivity contribution in [3.8, 4) is 0 Å². The third kappa shape index (κ3) is 10.2. The van der Waals surface area contributed by atoms with Crippen LogP contribution in [0.2, 0.25) is 0 Å². The molecule has 0 rings (SSSR count). The predicted octanol–water partition coefficient (Wildman–Crippen LogP) is 4.00. The summed E-state index contributed by atoms with van der Waals surface area (Å²) in [7, 11) is 0. The molecule has 27 heavy (non-hydrogen) atoms. The fourth-order valence-corrected chi connectivity index (χ4v) is 4.70. The molecule has 0 aromatic rings. The van der Waals surface area contributed by atoms with Crippen LogP contribution in [0.3, 0.4) is 0 Å². The molecule has 0 saturated heterocycles. The van der Waals surface area contributed by atoms with Gasteiger partial charge in [0.2, 0.25) is 0 Å². The Morgan fingerprint density at radius 3 is 2.07 bits per heavy atom. The highest BCUT2D eigenvalue weighted by Gasteiger charge is 2.32. The molecule has 0 amide bonds. The summed E-state index contributed by atoms with van der Waals surface area (Å²) < 4.78 is 4.12. The molecule has 5 nitrogen and oxygen atoms in total. The molecular weight excluding hydrogens is 360 g/mol. The molecule has 0 radical (unpaired) electrons. The van der Waals surface area contributed by atoms with E-state index in [9.17, 15) is 15.3 Å². The first-order valence-corrected chi connectivity index (χ1v) is 11.2. The average Bonchev–Trinajstić information content (AvgIpc) is 2.62. The van der Waals surface area contributed by atoms with Gasteiger partial charge in [0, 0.05) is 19.1 Å². The zero-order valence-electron chi connectivity index (χ0n) is 18.4. The minimum atomic E-state index is -0.262. The highest BCUT2D eigenvalue weighted by atomic mass is 32.2. The Labute approximate surface area is 171 Å². The smallest absolute Gasteiger partial charge is 0.104 e. The van der Waals surface area contributed by atoms with E-state index in [2.05, 4.69) is 39.0 Å². The second-order valence-electron chi connectivity index (χ2n) is 9.10. The summed E-state index contributed by atoms with van der Waals surface area (Å²) in [5, 5.41) is 29.2. The molecule has 6 heteroatoms. The van der Waals surface area contributed by atoms with Crippen molar-refractivity contribution >= 4 is 17.8 Å². The van der Waals surface area contributed by atoms with Crippen molar-refractivity contribution in [2.24, 2.45) is 32.8 Å². The SMILES string of the molecule is CCC(C)(C)CC(C)(CC)CCCC(CO)C(CO)C(CO)SN=C(C)N. The molecule has 0 aliphatic rings. The minimum Gasteiger partial charge on any atom is -0.396 e. The van der Waals surface area contributed by atoms with E-state index in [-0.39, 0.29) is 36.9 Å². The molecule has 0 bridgehead atoms. The van der Waals surface area contributed by atoms with Crippen LogP contribution in [0.1, 0.15) is 80.1 Å². The lowest BCUT2D eigenvalue weighted by molar-refractivity contribution is 0.0895. The number of rotatable bonds is 15. The Hall–Kier alpha value is -0.300. The summed E-state index contributed by atoms with van der Waals surface area (Å²) in [5.74, 6) is 0.189. The van der Waals surface area contributed by atoms with Crippen LogP contribution in [0.25, 0.3) is 0 Å². The van der Waals surface area contributed by atoms with Crippen LogP contribution in [0.4, 0.5) is 0 Å². The summed E-state index contributed by atoms with van der Waals surface area (Å²) in [4.78, 5) is 0. The van der Waals surface area contributed by atoms with Gasteiger partial charge < -0.3 is 21.1 Å². The maximum absolute atomic E-state index is 9.90. The van der Waals surface area contributed by atoms with Crippen molar-refractivity contribution in [2.75, 3.05) is 19.8 Å². The van der Waals surface area contributed by atoms with Gasteiger partial charge in [-0.1, -0.05) is 53.9 Å². The van der Waals surface area contributed by atoms with Crippen molar-refractivity contribution in [2.45, 2.75) is 85.3 Å². The largest absolute Gasteiger partial charge is 0.396 e. The summed E-state index contributed by atoms with van der Waals surface area (Å²) in [6.45, 7) is 13.1. The van der Waals surface area contributed by atoms with Crippen LogP contribution in [-0.2, 0) is 0 Å². The van der Waals surface area contributed by atoms with Crippen molar-refractivity contribution < 1.29 is 15.3 Å². The van der Waals surface area contributed by atoms with Crippen molar-refractivity contribution in [1.29, 1.82) is 0 Å². The van der Waals surface area contributed by atoms with E-state index in [4.69, 9.17) is 5.73 Å². The van der Waals surface area contributed by atoms with Gasteiger partial charge in [-0.2, -0.15) is 0 Å². The predicted molar refractivity (Wildman–Crippen MR) is 118 cm³/mol. The van der Waals surface area contributed by atoms with Crippen LogP contribution in [0.15, 0.2) is 4.40 Å². The summed E-state index contributed by atoms with van der Waals surface area (Å²) in [6.07, 6.45) is 6.46. The van der Waals surface area contributed by atoms with E-state index < -0.39 is 0 Å². The van der Waals surface area contributed by atoms with Gasteiger partial charge in [0.05, 0.1) is 11.9 Å². The Kier molecular flexibility index (Phi) is 12.9. The molecule has 0 aliphatic carbocycles. The molecule has 162 valence electrons. The number of hydrogen-bond acceptors (Lipinski definition) is 5. The van der Waals surface area contributed by atoms with Gasteiger partial charge in [0.1, 0.15) is 5.84 Å². The van der Waals surface area contributed by atoms with Gasteiger partial charge in [-0.3, -0.25) is 0 Å². The molecule has 0 heterocycles. The number of nitrogens with zero attached hydrogens (tertiary/aromatic N) is 1. The second-order valence-corrected chi connectivity index (χ2v) is 10.1. The van der Waals surface area contributed by atoms with Gasteiger partial charge in [-0.05, 0) is 54.9 Å². The maximum Gasteiger partial charge on any atom is 0.104 e. The van der Waals surface area contributed by atoms with Crippen LogP contribution in [-0.4, -0.2) is 46.2 Å². The summed E-state index contributed by atoms with van der Waals surface area (Å²) in [5.41, 5.74) is 6.22. The van der Waals surface area contributed by atoms with Crippen molar-refractivity contribution in [3.63, 3.8) is 0 Å². The molecule has 0 fully saturated rings. The van der Waals surface area contributed by atoms with E-state index in [0.717, 1.165) is 25.7 Å². The molecule has 4 atom stereocenters. The highest BCUT2D eigenvalue weighted by Crippen LogP contribution is 2.42. The standard InChI is InChI=1S/C21H44N2O3S/c1-7-20(4,5)15-21(6,8-2)11-9-10-17(12-24)18(13-25)19(14-26)27-23-16(3)22/h17-19,24-26H,7-15H2,1-6H3,(H2,22,23). The summed E-state index contributed by atoms with van der Waals surface area (Å²) >= 11 is 1.20. The molecule has 0 aliphatic heterocycles. The molecule has 5 N–H and O–H groups in total. The lowest BCUT2D eigenvalue weighted by Crippen LogP contribution is -2.34. The number of nitrogens with two attached hydrogens (primary N) is 1. The van der Waals surface area contributed by atoms with Crippen LogP contribution in [0, 0.1) is 22.7 Å². The molecule has 0 saturated carbocycles. The van der Waals surface area contributed by atoms with Gasteiger partial charge in [0.25, 0.3) is 0 Å². The molecule has 4 unspecified atom stereocenters. The number of hydrogen-bond donors (Lipinski definition) is 4. The average molecular weight is 405 g/mol. The fraction of sp³-hybridized carbons (Fsp3) is 0.952. The van der Waals surface area contributed by atoms with E-state index in [0.29, 0.717) is 16.7 Å². The number of aliphatic hydroxyl groups excluding tert-OH is 3. The van der Waals surface area contributed by atoms with Crippen LogP contribution in [0.5, 0.6) is 0 Å². The maximum atomic E-state index is 9.90. The highest BCUT2D eigenvalue weighted by molar-refractivity contribution is 7.98. The zero-order valence-corrected chi connectivity index (χ0v) is 19.2. The van der Waals surface area contributed by atoms with Gasteiger partial charge in [0.15, 0.2) is 0 Å². The van der Waals surface area contributed by atoms with E-state index in [1.807, 2.05) is 0 Å². The van der Waals surface area contributed by atoms with E-state index in [1.54, 1.807) is 6.92 Å². The summed E-state index contributed by atoms with van der Waals surface area (Å²) in [6, 6.07) is 0. The quantitative estimate of drug-likeness (QED) is 0.188. The fourth-order valence-electron chi connectivity index (χ4n) is 3.87. The Morgan fingerprint density at radius 2 is 1.67 bits per heavy atom. The van der Waals surface area contributed by atoms with Gasteiger partial charge in [-0.15, -0.1) is 0 Å². The monoisotopic (exact) mass is 404 g/mol. The topological polar surface area (TPSA) is 99.1 Å². The molecular formula is C21H44N2O3S. The minimum absolute atomic E-state index is 0.0108. The third-order valence-corrected chi connectivity index (χ3v) is 7.27. The Bertz CT molecular complexity index is 428. The molecule has 0 aromatic heterocycles. The van der Waals surface area contributed by atoms with Gasteiger partial charge >= 0.3 is 0 Å². The number of aliphatic hydroxyl groups is 3. The third-order valence-electron chi connectivity index (χ3n) is 6.11. The van der Waals surface area contributed by atoms with Gasteiger partial charge in [-0.25, -0.2) is 4.40 Å². The molecule has 0 spiro atoms. The molecule has 0 aromatic carbocycles. The zero-order chi connectivity index (χ0) is 21.1. The Morgan fingerprint density at radius 1 is 1.04 bits per heavy atom. The van der Waals surface area contributed by atoms with Crippen molar-refractivity contribution in [1.82, 2.24) is 0 Å². The second kappa shape index (κ2) is 13.0. The first-order chi connectivity index (χ1) is 12.6. The lowest BCUT2D eigenvalue weighted by atomic mass is 9.68. The van der Waals surface area contributed by atoms with E-state index >= 15 is 0 Å². The van der Waals surface area contributed by atoms with Crippen molar-refractivity contribution in [3.05, 3.63) is 0 Å². The van der Waals surface area contributed by atoms with E-state index in [1.165, 1.54) is 24.8 Å². The first-order valence-electron chi connectivity index (χ1n) is 10.4. The Balaban J connectivity index is 4.90. The van der Waals surface area contributed by atoms with Crippen LogP contribution < -0.4 is 5.73 Å². The lowest BCUT2D eigenvalue weighted by Gasteiger charge is -2.37.